The van der Waals surface area contributed by atoms with Crippen LogP contribution < -0.4 is 0 Å². The first-order chi connectivity index (χ1) is 7.78. The van der Waals surface area contributed by atoms with E-state index in [4.69, 9.17) is 4.74 Å². The summed E-state index contributed by atoms with van der Waals surface area (Å²) in [5.74, 6) is 0. The van der Waals surface area contributed by atoms with E-state index in [1.807, 2.05) is 0 Å². The molecule has 0 aromatic carbocycles. The number of likely N-dealkylation sites (tertiary alicyclic amines) is 1. The van der Waals surface area contributed by atoms with Gasteiger partial charge in [0, 0.05) is 25.0 Å². The molecule has 2 aliphatic rings. The van der Waals surface area contributed by atoms with Gasteiger partial charge in [-0.15, -0.1) is 0 Å². The molecular formula is C13H24BrNO. The molecule has 2 rings (SSSR count). The maximum Gasteiger partial charge on any atom is 0.0702 e. The fourth-order valence-corrected chi connectivity index (χ4v) is 3.30. The Hall–Kier alpha value is 0.400. The van der Waals surface area contributed by atoms with Crippen LogP contribution in [0.25, 0.3) is 0 Å². The maximum absolute atomic E-state index is 5.88. The van der Waals surface area contributed by atoms with Crippen molar-refractivity contribution in [1.82, 2.24) is 4.90 Å². The SMILES string of the molecule is CCCOC1CCCN(CC2(CBr)CC2)C1. The van der Waals surface area contributed by atoms with Gasteiger partial charge in [0.25, 0.3) is 0 Å². The second-order valence-electron chi connectivity index (χ2n) is 5.50. The van der Waals surface area contributed by atoms with Crippen LogP contribution in [0.3, 0.4) is 0 Å². The normalized spacial score (nSPS) is 29.2. The second kappa shape index (κ2) is 5.83. The van der Waals surface area contributed by atoms with Gasteiger partial charge < -0.3 is 9.64 Å². The van der Waals surface area contributed by atoms with Crippen LogP contribution in [0.4, 0.5) is 0 Å². The highest BCUT2D eigenvalue weighted by Gasteiger charge is 2.43. The molecule has 2 nitrogen and oxygen atoms in total. The van der Waals surface area contributed by atoms with Gasteiger partial charge in [0.2, 0.25) is 0 Å². The van der Waals surface area contributed by atoms with Crippen LogP contribution in [0.1, 0.15) is 39.0 Å². The van der Waals surface area contributed by atoms with Crippen molar-refractivity contribution in [2.45, 2.75) is 45.1 Å². The van der Waals surface area contributed by atoms with Crippen molar-refractivity contribution >= 4 is 15.9 Å². The zero-order valence-corrected chi connectivity index (χ0v) is 12.0. The molecule has 1 unspecified atom stereocenters. The van der Waals surface area contributed by atoms with Crippen LogP contribution in [-0.4, -0.2) is 42.6 Å². The van der Waals surface area contributed by atoms with E-state index in [2.05, 4.69) is 27.8 Å². The largest absolute Gasteiger partial charge is 0.377 e. The Morgan fingerprint density at radius 3 is 2.88 bits per heavy atom. The lowest BCUT2D eigenvalue weighted by Crippen LogP contribution is -2.42. The predicted molar refractivity (Wildman–Crippen MR) is 71.2 cm³/mol. The Labute approximate surface area is 108 Å². The first kappa shape index (κ1) is 12.8. The molecule has 0 spiro atoms. The molecule has 1 aliphatic carbocycles. The Balaban J connectivity index is 1.73. The number of rotatable bonds is 6. The molecule has 0 aromatic rings. The summed E-state index contributed by atoms with van der Waals surface area (Å²) < 4.78 is 5.88. The Morgan fingerprint density at radius 1 is 1.44 bits per heavy atom. The second-order valence-corrected chi connectivity index (χ2v) is 6.06. The topological polar surface area (TPSA) is 12.5 Å². The van der Waals surface area contributed by atoms with Crippen molar-refractivity contribution < 1.29 is 4.74 Å². The van der Waals surface area contributed by atoms with E-state index >= 15 is 0 Å². The molecule has 2 fully saturated rings. The minimum atomic E-state index is 0.500. The van der Waals surface area contributed by atoms with Crippen molar-refractivity contribution in [2.75, 3.05) is 31.6 Å². The molecule has 3 heteroatoms. The van der Waals surface area contributed by atoms with Crippen molar-refractivity contribution in [1.29, 1.82) is 0 Å². The van der Waals surface area contributed by atoms with Gasteiger partial charge in [0.1, 0.15) is 0 Å². The highest BCUT2D eigenvalue weighted by atomic mass is 79.9. The van der Waals surface area contributed by atoms with Crippen molar-refractivity contribution in [3.63, 3.8) is 0 Å². The summed E-state index contributed by atoms with van der Waals surface area (Å²) in [5.41, 5.74) is 0.618. The van der Waals surface area contributed by atoms with E-state index in [-0.39, 0.29) is 0 Å². The fraction of sp³-hybridized carbons (Fsp3) is 1.00. The van der Waals surface area contributed by atoms with Gasteiger partial charge in [-0.05, 0) is 44.1 Å². The first-order valence-corrected chi connectivity index (χ1v) is 7.80. The van der Waals surface area contributed by atoms with Crippen molar-refractivity contribution in [3.8, 4) is 0 Å². The van der Waals surface area contributed by atoms with Crippen molar-refractivity contribution in [2.24, 2.45) is 5.41 Å². The summed E-state index contributed by atoms with van der Waals surface area (Å²) in [6.07, 6.45) is 7.04. The van der Waals surface area contributed by atoms with Gasteiger partial charge in [-0.25, -0.2) is 0 Å². The number of ether oxygens (including phenoxy) is 1. The van der Waals surface area contributed by atoms with Gasteiger partial charge in [-0.2, -0.15) is 0 Å². The van der Waals surface area contributed by atoms with Crippen LogP contribution in [0.15, 0.2) is 0 Å². The lowest BCUT2D eigenvalue weighted by atomic mass is 10.0. The lowest BCUT2D eigenvalue weighted by molar-refractivity contribution is -0.00411. The van der Waals surface area contributed by atoms with Crippen LogP contribution >= 0.6 is 15.9 Å². The standard InChI is InChI=1S/C13H24BrNO/c1-2-8-16-12-4-3-7-15(9-12)11-13(10-14)5-6-13/h12H,2-11H2,1H3. The van der Waals surface area contributed by atoms with E-state index in [0.717, 1.165) is 19.6 Å². The number of hydrogen-bond acceptors (Lipinski definition) is 2. The number of alkyl halides is 1. The molecule has 16 heavy (non-hydrogen) atoms. The van der Waals surface area contributed by atoms with E-state index in [9.17, 15) is 0 Å². The number of halogens is 1. The highest BCUT2D eigenvalue weighted by Crippen LogP contribution is 2.47. The summed E-state index contributed by atoms with van der Waals surface area (Å²) in [4.78, 5) is 2.62. The average molecular weight is 290 g/mol. The minimum Gasteiger partial charge on any atom is -0.377 e. The third-order valence-electron chi connectivity index (χ3n) is 3.82. The summed E-state index contributed by atoms with van der Waals surface area (Å²) in [6, 6.07) is 0. The molecule has 1 saturated carbocycles. The number of piperidine rings is 1. The smallest absolute Gasteiger partial charge is 0.0702 e. The van der Waals surface area contributed by atoms with Crippen molar-refractivity contribution in [3.05, 3.63) is 0 Å². The average Bonchev–Trinajstić information content (AvgIpc) is 3.07. The first-order valence-electron chi connectivity index (χ1n) is 6.68. The Bertz CT molecular complexity index is 218. The van der Waals surface area contributed by atoms with Crippen LogP contribution in [0.5, 0.6) is 0 Å². The van der Waals surface area contributed by atoms with E-state index in [1.54, 1.807) is 0 Å². The van der Waals surface area contributed by atoms with Gasteiger partial charge in [-0.1, -0.05) is 22.9 Å². The molecule has 0 bridgehead atoms. The summed E-state index contributed by atoms with van der Waals surface area (Å²) >= 11 is 3.66. The zero-order valence-electron chi connectivity index (χ0n) is 10.4. The van der Waals surface area contributed by atoms with Gasteiger partial charge in [-0.3, -0.25) is 0 Å². The minimum absolute atomic E-state index is 0.500. The molecule has 1 atom stereocenters. The van der Waals surface area contributed by atoms with Gasteiger partial charge in [0.05, 0.1) is 6.10 Å². The summed E-state index contributed by atoms with van der Waals surface area (Å²) in [5, 5.41) is 1.18. The predicted octanol–water partition coefficient (Wildman–Crippen LogP) is 3.05. The maximum atomic E-state index is 5.88. The molecule has 94 valence electrons. The number of nitrogens with zero attached hydrogens (tertiary/aromatic N) is 1. The molecule has 1 heterocycles. The van der Waals surface area contributed by atoms with E-state index in [1.165, 1.54) is 44.1 Å². The zero-order chi connectivity index (χ0) is 11.4. The summed E-state index contributed by atoms with van der Waals surface area (Å²) in [6.45, 7) is 6.84. The lowest BCUT2D eigenvalue weighted by Gasteiger charge is -2.34. The molecule has 0 radical (unpaired) electrons. The molecule has 1 aliphatic heterocycles. The molecule has 0 amide bonds. The van der Waals surface area contributed by atoms with Gasteiger partial charge >= 0.3 is 0 Å². The summed E-state index contributed by atoms with van der Waals surface area (Å²) in [7, 11) is 0. The molecular weight excluding hydrogens is 266 g/mol. The Morgan fingerprint density at radius 2 is 2.25 bits per heavy atom. The third kappa shape index (κ3) is 3.44. The molecule has 1 saturated heterocycles. The van der Waals surface area contributed by atoms with Gasteiger partial charge in [0.15, 0.2) is 0 Å². The van der Waals surface area contributed by atoms with Crippen LogP contribution in [-0.2, 0) is 4.74 Å². The highest BCUT2D eigenvalue weighted by molar-refractivity contribution is 9.09. The van der Waals surface area contributed by atoms with Crippen LogP contribution in [0, 0.1) is 5.41 Å². The van der Waals surface area contributed by atoms with Crippen LogP contribution in [0.2, 0.25) is 0 Å². The molecule has 0 N–H and O–H groups in total. The monoisotopic (exact) mass is 289 g/mol. The third-order valence-corrected chi connectivity index (χ3v) is 5.01. The number of hydrogen-bond donors (Lipinski definition) is 0. The van der Waals surface area contributed by atoms with E-state index < -0.39 is 0 Å². The Kier molecular flexibility index (Phi) is 4.68. The van der Waals surface area contributed by atoms with E-state index in [0.29, 0.717) is 11.5 Å². The molecule has 0 aromatic heterocycles. The quantitative estimate of drug-likeness (QED) is 0.697. The fourth-order valence-electron chi connectivity index (χ4n) is 2.56.